The van der Waals surface area contributed by atoms with E-state index in [1.807, 2.05) is 45.0 Å². The van der Waals surface area contributed by atoms with Crippen LogP contribution in [-0.4, -0.2) is 16.1 Å². The summed E-state index contributed by atoms with van der Waals surface area (Å²) in [5.41, 5.74) is 2.07. The SMILES string of the molecule is Cc1ccc(Nc2nnc(C(C#N)NC(=O)CC(C)C)s2)cc1. The lowest BCUT2D eigenvalue weighted by Gasteiger charge is -2.09. The molecule has 120 valence electrons. The minimum absolute atomic E-state index is 0.158. The number of anilines is 2. The molecule has 1 aromatic heterocycles. The fourth-order valence-corrected chi connectivity index (χ4v) is 2.66. The Morgan fingerprint density at radius 3 is 2.61 bits per heavy atom. The van der Waals surface area contributed by atoms with Crippen molar-refractivity contribution in [2.45, 2.75) is 33.2 Å². The summed E-state index contributed by atoms with van der Waals surface area (Å²) in [4.78, 5) is 11.8. The largest absolute Gasteiger partial charge is 0.335 e. The monoisotopic (exact) mass is 329 g/mol. The molecule has 1 amide bonds. The maximum atomic E-state index is 11.8. The first kappa shape index (κ1) is 16.9. The molecule has 1 aromatic carbocycles. The molecule has 1 atom stereocenters. The van der Waals surface area contributed by atoms with Crippen LogP contribution in [0.25, 0.3) is 0 Å². The topological polar surface area (TPSA) is 90.7 Å². The number of amides is 1. The summed E-state index contributed by atoms with van der Waals surface area (Å²) in [5, 5.41) is 24.1. The molecule has 0 spiro atoms. The number of carbonyl (C=O) groups excluding carboxylic acids is 1. The Bertz CT molecular complexity index is 702. The molecule has 0 aliphatic rings. The number of hydrogen-bond donors (Lipinski definition) is 2. The summed E-state index contributed by atoms with van der Waals surface area (Å²) in [5.74, 6) is 0.0809. The van der Waals surface area contributed by atoms with Gasteiger partial charge in [-0.05, 0) is 25.0 Å². The molecule has 1 unspecified atom stereocenters. The fourth-order valence-electron chi connectivity index (χ4n) is 1.90. The standard InChI is InChI=1S/C16H19N5OS/c1-10(2)8-14(22)19-13(9-17)15-20-21-16(23-15)18-12-6-4-11(3)5-7-12/h4-7,10,13H,8H2,1-3H3,(H,18,21)(H,19,22). The average Bonchev–Trinajstić information content (AvgIpc) is 2.95. The Labute approximate surface area is 139 Å². The number of rotatable bonds is 6. The smallest absolute Gasteiger partial charge is 0.221 e. The van der Waals surface area contributed by atoms with E-state index in [-0.39, 0.29) is 11.8 Å². The summed E-state index contributed by atoms with van der Waals surface area (Å²) in [6, 6.07) is 9.17. The van der Waals surface area contributed by atoms with Crippen LogP contribution in [0.2, 0.25) is 0 Å². The van der Waals surface area contributed by atoms with Crippen LogP contribution in [-0.2, 0) is 4.79 Å². The van der Waals surface area contributed by atoms with Crippen LogP contribution < -0.4 is 10.6 Å². The molecule has 0 radical (unpaired) electrons. The van der Waals surface area contributed by atoms with Gasteiger partial charge in [-0.25, -0.2) is 0 Å². The van der Waals surface area contributed by atoms with E-state index in [2.05, 4.69) is 26.9 Å². The van der Waals surface area contributed by atoms with Gasteiger partial charge in [0.05, 0.1) is 6.07 Å². The highest BCUT2D eigenvalue weighted by Gasteiger charge is 2.19. The van der Waals surface area contributed by atoms with Crippen molar-refractivity contribution < 1.29 is 4.79 Å². The number of nitriles is 1. The maximum absolute atomic E-state index is 11.8. The molecule has 0 fully saturated rings. The molecular formula is C16H19N5OS. The third-order valence-corrected chi connectivity index (χ3v) is 3.92. The van der Waals surface area contributed by atoms with Gasteiger partial charge in [-0.15, -0.1) is 10.2 Å². The van der Waals surface area contributed by atoms with Crippen LogP contribution in [0.1, 0.15) is 36.9 Å². The van der Waals surface area contributed by atoms with Crippen molar-refractivity contribution in [3.63, 3.8) is 0 Å². The lowest BCUT2D eigenvalue weighted by molar-refractivity contribution is -0.122. The first-order valence-electron chi connectivity index (χ1n) is 7.34. The predicted molar refractivity (Wildman–Crippen MR) is 90.3 cm³/mol. The highest BCUT2D eigenvalue weighted by atomic mass is 32.1. The Morgan fingerprint density at radius 2 is 2.00 bits per heavy atom. The van der Waals surface area contributed by atoms with E-state index in [4.69, 9.17) is 0 Å². The van der Waals surface area contributed by atoms with Crippen molar-refractivity contribution in [3.05, 3.63) is 34.8 Å². The van der Waals surface area contributed by atoms with Crippen LogP contribution in [0.4, 0.5) is 10.8 Å². The van der Waals surface area contributed by atoms with Crippen LogP contribution in [0.5, 0.6) is 0 Å². The molecular weight excluding hydrogens is 310 g/mol. The van der Waals surface area contributed by atoms with Gasteiger partial charge in [-0.3, -0.25) is 4.79 Å². The van der Waals surface area contributed by atoms with Gasteiger partial charge in [-0.1, -0.05) is 42.9 Å². The van der Waals surface area contributed by atoms with Crippen molar-refractivity contribution in [1.82, 2.24) is 15.5 Å². The third-order valence-electron chi connectivity index (χ3n) is 3.02. The average molecular weight is 329 g/mol. The number of aromatic nitrogens is 2. The molecule has 2 rings (SSSR count). The van der Waals surface area contributed by atoms with Gasteiger partial charge in [0.2, 0.25) is 11.0 Å². The highest BCUT2D eigenvalue weighted by Crippen LogP contribution is 2.24. The van der Waals surface area contributed by atoms with Crippen molar-refractivity contribution in [2.75, 3.05) is 5.32 Å². The molecule has 1 heterocycles. The van der Waals surface area contributed by atoms with E-state index >= 15 is 0 Å². The lowest BCUT2D eigenvalue weighted by atomic mass is 10.1. The molecule has 6 nitrogen and oxygen atoms in total. The highest BCUT2D eigenvalue weighted by molar-refractivity contribution is 7.15. The zero-order valence-corrected chi connectivity index (χ0v) is 14.1. The van der Waals surface area contributed by atoms with Gasteiger partial charge in [0, 0.05) is 12.1 Å². The molecule has 0 bridgehead atoms. The number of nitrogens with one attached hydrogen (secondary N) is 2. The van der Waals surface area contributed by atoms with Crippen LogP contribution >= 0.6 is 11.3 Å². The molecule has 0 saturated carbocycles. The number of aryl methyl sites for hydroxylation is 1. The molecule has 2 aromatic rings. The van der Waals surface area contributed by atoms with Gasteiger partial charge in [-0.2, -0.15) is 5.26 Å². The molecule has 7 heteroatoms. The molecule has 0 aliphatic carbocycles. The quantitative estimate of drug-likeness (QED) is 0.848. The molecule has 0 aliphatic heterocycles. The van der Waals surface area contributed by atoms with E-state index in [9.17, 15) is 10.1 Å². The number of nitrogens with zero attached hydrogens (tertiary/aromatic N) is 3. The van der Waals surface area contributed by atoms with Gasteiger partial charge >= 0.3 is 0 Å². The Hall–Kier alpha value is -2.46. The Morgan fingerprint density at radius 1 is 1.30 bits per heavy atom. The Kier molecular flexibility index (Phi) is 5.66. The first-order valence-corrected chi connectivity index (χ1v) is 8.15. The summed E-state index contributed by atoms with van der Waals surface area (Å²) in [6.07, 6.45) is 0.380. The van der Waals surface area contributed by atoms with Crippen molar-refractivity contribution >= 4 is 28.1 Å². The zero-order chi connectivity index (χ0) is 16.8. The van der Waals surface area contributed by atoms with Gasteiger partial charge in [0.15, 0.2) is 11.0 Å². The normalized spacial score (nSPS) is 11.8. The first-order chi connectivity index (χ1) is 11.0. The minimum atomic E-state index is -0.771. The summed E-state index contributed by atoms with van der Waals surface area (Å²) < 4.78 is 0. The molecule has 23 heavy (non-hydrogen) atoms. The van der Waals surface area contributed by atoms with Gasteiger partial charge < -0.3 is 10.6 Å². The van der Waals surface area contributed by atoms with E-state index < -0.39 is 6.04 Å². The summed E-state index contributed by atoms with van der Waals surface area (Å²) in [6.45, 7) is 5.93. The predicted octanol–water partition coefficient (Wildman–Crippen LogP) is 3.32. The fraction of sp³-hybridized carbons (Fsp3) is 0.375. The Balaban J connectivity index is 2.03. The second-order valence-electron chi connectivity index (χ2n) is 5.66. The number of benzene rings is 1. The van der Waals surface area contributed by atoms with E-state index in [0.717, 1.165) is 5.69 Å². The third kappa shape index (κ3) is 5.04. The van der Waals surface area contributed by atoms with Gasteiger partial charge in [0.1, 0.15) is 0 Å². The maximum Gasteiger partial charge on any atom is 0.221 e. The number of hydrogen-bond acceptors (Lipinski definition) is 6. The van der Waals surface area contributed by atoms with Gasteiger partial charge in [0.25, 0.3) is 0 Å². The minimum Gasteiger partial charge on any atom is -0.335 e. The van der Waals surface area contributed by atoms with E-state index in [1.165, 1.54) is 16.9 Å². The zero-order valence-electron chi connectivity index (χ0n) is 13.3. The second kappa shape index (κ2) is 7.70. The number of carbonyl (C=O) groups is 1. The van der Waals surface area contributed by atoms with Crippen molar-refractivity contribution in [1.29, 1.82) is 5.26 Å². The molecule has 0 saturated heterocycles. The van der Waals surface area contributed by atoms with E-state index in [1.54, 1.807) is 0 Å². The second-order valence-corrected chi connectivity index (χ2v) is 6.67. The van der Waals surface area contributed by atoms with Crippen LogP contribution in [0, 0.1) is 24.2 Å². The van der Waals surface area contributed by atoms with Crippen LogP contribution in [0.3, 0.4) is 0 Å². The summed E-state index contributed by atoms with van der Waals surface area (Å²) >= 11 is 1.25. The van der Waals surface area contributed by atoms with E-state index in [0.29, 0.717) is 16.6 Å². The van der Waals surface area contributed by atoms with Crippen LogP contribution in [0.15, 0.2) is 24.3 Å². The van der Waals surface area contributed by atoms with Crippen molar-refractivity contribution in [2.24, 2.45) is 5.92 Å². The van der Waals surface area contributed by atoms with Crippen molar-refractivity contribution in [3.8, 4) is 6.07 Å². The summed E-state index contributed by atoms with van der Waals surface area (Å²) in [7, 11) is 0. The lowest BCUT2D eigenvalue weighted by Crippen LogP contribution is -2.28. The molecule has 2 N–H and O–H groups in total.